The molecule has 1 fully saturated rings. The van der Waals surface area contributed by atoms with Gasteiger partial charge in [0.25, 0.3) is 5.56 Å². The van der Waals surface area contributed by atoms with Crippen molar-refractivity contribution >= 4 is 5.91 Å². The molecule has 1 amide bonds. The molecule has 7 nitrogen and oxygen atoms in total. The first-order valence-corrected chi connectivity index (χ1v) is 8.40. The Bertz CT molecular complexity index is 717. The van der Waals surface area contributed by atoms with Gasteiger partial charge in [-0.1, -0.05) is 13.8 Å². The van der Waals surface area contributed by atoms with Crippen LogP contribution >= 0.6 is 0 Å². The lowest BCUT2D eigenvalue weighted by Crippen LogP contribution is -2.53. The fraction of sp³-hybridized carbons (Fsp3) is 0.706. The molecule has 0 radical (unpaired) electrons. The largest absolute Gasteiger partial charge is 0.390 e. The van der Waals surface area contributed by atoms with Crippen LogP contribution < -0.4 is 11.2 Å². The van der Waals surface area contributed by atoms with Gasteiger partial charge >= 0.3 is 5.69 Å². The van der Waals surface area contributed by atoms with Gasteiger partial charge in [0.2, 0.25) is 5.91 Å². The zero-order chi connectivity index (χ0) is 18.1. The predicted octanol–water partition coefficient (Wildman–Crippen LogP) is 0.491. The fourth-order valence-corrected chi connectivity index (χ4v) is 3.23. The highest BCUT2D eigenvalue weighted by Crippen LogP contribution is 2.32. The van der Waals surface area contributed by atoms with E-state index in [0.29, 0.717) is 31.0 Å². The van der Waals surface area contributed by atoms with E-state index in [1.165, 1.54) is 10.8 Å². The number of aliphatic hydroxyl groups is 1. The van der Waals surface area contributed by atoms with Crippen molar-refractivity contribution in [1.82, 2.24) is 14.5 Å². The maximum atomic E-state index is 12.6. The number of H-pyrrole nitrogens is 1. The van der Waals surface area contributed by atoms with Gasteiger partial charge in [0.15, 0.2) is 0 Å². The number of aryl methyl sites for hydroxylation is 1. The molecule has 0 aromatic carbocycles. The number of piperidine rings is 1. The molecule has 1 aromatic heterocycles. The van der Waals surface area contributed by atoms with Crippen LogP contribution in [0.1, 0.15) is 39.2 Å². The molecule has 1 aromatic rings. The minimum Gasteiger partial charge on any atom is -0.390 e. The van der Waals surface area contributed by atoms with E-state index >= 15 is 0 Å². The first kappa shape index (κ1) is 18.4. The summed E-state index contributed by atoms with van der Waals surface area (Å²) in [6, 6.07) is 0. The van der Waals surface area contributed by atoms with E-state index in [0.717, 1.165) is 6.42 Å². The molecule has 1 aliphatic rings. The van der Waals surface area contributed by atoms with E-state index in [1.54, 1.807) is 11.8 Å². The molecule has 2 atom stereocenters. The minimum absolute atomic E-state index is 0.0178. The maximum Gasteiger partial charge on any atom is 0.328 e. The van der Waals surface area contributed by atoms with Gasteiger partial charge in [0.05, 0.1) is 5.60 Å². The lowest BCUT2D eigenvalue weighted by molar-refractivity contribution is -0.140. The van der Waals surface area contributed by atoms with E-state index in [1.807, 2.05) is 6.92 Å². The minimum atomic E-state index is -0.771. The van der Waals surface area contributed by atoms with Gasteiger partial charge in [-0.15, -0.1) is 0 Å². The number of nitrogens with one attached hydrogen (secondary N) is 1. The van der Waals surface area contributed by atoms with Gasteiger partial charge in [0, 0.05) is 30.8 Å². The Balaban J connectivity index is 2.12. The Kier molecular flexibility index (Phi) is 5.32. The van der Waals surface area contributed by atoms with Crippen molar-refractivity contribution in [2.45, 2.75) is 52.7 Å². The molecule has 0 unspecified atom stereocenters. The topological polar surface area (TPSA) is 95.4 Å². The number of aromatic amines is 1. The van der Waals surface area contributed by atoms with E-state index < -0.39 is 16.9 Å². The SMILES string of the molecule is Cc1cn(CC(=O)N2CC[C@](C)(O)[C@H](CC(C)C)C2)c(=O)[nH]c1=O. The van der Waals surface area contributed by atoms with Crippen LogP contribution in [0, 0.1) is 18.8 Å². The van der Waals surface area contributed by atoms with Crippen LogP contribution in [0.25, 0.3) is 0 Å². The van der Waals surface area contributed by atoms with E-state index in [2.05, 4.69) is 18.8 Å². The number of aromatic nitrogens is 2. The van der Waals surface area contributed by atoms with Crippen LogP contribution in [-0.4, -0.2) is 44.2 Å². The van der Waals surface area contributed by atoms with Gasteiger partial charge < -0.3 is 10.0 Å². The number of likely N-dealkylation sites (tertiary alicyclic amines) is 1. The number of carbonyl (C=O) groups excluding carboxylic acids is 1. The first-order chi connectivity index (χ1) is 11.1. The molecule has 7 heteroatoms. The standard InChI is InChI=1S/C17H27N3O4/c1-11(2)7-13-9-19(6-5-17(13,4)24)14(21)10-20-8-12(3)15(22)18-16(20)23/h8,11,13,24H,5-7,9-10H2,1-4H3,(H,18,22,23)/t13-,17+/m1/s1. The molecule has 2 rings (SSSR count). The van der Waals surface area contributed by atoms with Crippen molar-refractivity contribution in [1.29, 1.82) is 0 Å². The summed E-state index contributed by atoms with van der Waals surface area (Å²) in [7, 11) is 0. The summed E-state index contributed by atoms with van der Waals surface area (Å²) in [4.78, 5) is 39.7. The van der Waals surface area contributed by atoms with Crippen LogP contribution in [0.2, 0.25) is 0 Å². The predicted molar refractivity (Wildman–Crippen MR) is 90.8 cm³/mol. The first-order valence-electron chi connectivity index (χ1n) is 8.40. The second-order valence-electron chi connectivity index (χ2n) is 7.47. The molecule has 0 saturated carbocycles. The van der Waals surface area contributed by atoms with E-state index in [-0.39, 0.29) is 18.4 Å². The highest BCUT2D eigenvalue weighted by Gasteiger charge is 2.39. The fourth-order valence-electron chi connectivity index (χ4n) is 3.23. The highest BCUT2D eigenvalue weighted by atomic mass is 16.3. The average molecular weight is 337 g/mol. The van der Waals surface area contributed by atoms with Crippen molar-refractivity contribution in [2.24, 2.45) is 11.8 Å². The van der Waals surface area contributed by atoms with E-state index in [4.69, 9.17) is 0 Å². The Morgan fingerprint density at radius 1 is 1.46 bits per heavy atom. The molecular formula is C17H27N3O4. The van der Waals surface area contributed by atoms with E-state index in [9.17, 15) is 19.5 Å². The van der Waals surface area contributed by atoms with Crippen LogP contribution in [-0.2, 0) is 11.3 Å². The number of carbonyl (C=O) groups is 1. The van der Waals surface area contributed by atoms with Gasteiger partial charge in [-0.3, -0.25) is 19.1 Å². The quantitative estimate of drug-likeness (QED) is 0.836. The van der Waals surface area contributed by atoms with Crippen molar-refractivity contribution in [3.05, 3.63) is 32.6 Å². The monoisotopic (exact) mass is 337 g/mol. The van der Waals surface area contributed by atoms with Crippen LogP contribution in [0.15, 0.2) is 15.8 Å². The van der Waals surface area contributed by atoms with Gasteiger partial charge in [-0.2, -0.15) is 0 Å². The molecule has 1 aliphatic heterocycles. The molecule has 0 aliphatic carbocycles. The molecular weight excluding hydrogens is 310 g/mol. The van der Waals surface area contributed by atoms with Crippen LogP contribution in [0.5, 0.6) is 0 Å². The van der Waals surface area contributed by atoms with Crippen LogP contribution in [0.3, 0.4) is 0 Å². The average Bonchev–Trinajstić information content (AvgIpc) is 2.46. The molecule has 1 saturated heterocycles. The summed E-state index contributed by atoms with van der Waals surface area (Å²) < 4.78 is 1.23. The van der Waals surface area contributed by atoms with Crippen molar-refractivity contribution in [3.8, 4) is 0 Å². The molecule has 2 N–H and O–H groups in total. The number of rotatable bonds is 4. The summed E-state index contributed by atoms with van der Waals surface area (Å²) in [5.74, 6) is 0.276. The third-order valence-electron chi connectivity index (χ3n) is 4.81. The Labute approximate surface area is 141 Å². The lowest BCUT2D eigenvalue weighted by atomic mass is 9.78. The second kappa shape index (κ2) is 6.93. The van der Waals surface area contributed by atoms with Crippen molar-refractivity contribution in [3.63, 3.8) is 0 Å². The third kappa shape index (κ3) is 4.14. The smallest absolute Gasteiger partial charge is 0.328 e. The molecule has 0 bridgehead atoms. The summed E-state index contributed by atoms with van der Waals surface area (Å²) in [5, 5.41) is 10.6. The molecule has 2 heterocycles. The number of nitrogens with zero attached hydrogens (tertiary/aromatic N) is 2. The Morgan fingerprint density at radius 2 is 2.12 bits per heavy atom. The zero-order valence-electron chi connectivity index (χ0n) is 14.8. The zero-order valence-corrected chi connectivity index (χ0v) is 14.8. The Morgan fingerprint density at radius 3 is 2.75 bits per heavy atom. The third-order valence-corrected chi connectivity index (χ3v) is 4.81. The summed E-state index contributed by atoms with van der Waals surface area (Å²) in [6.07, 6.45) is 2.77. The molecule has 0 spiro atoms. The second-order valence-corrected chi connectivity index (χ2v) is 7.47. The van der Waals surface area contributed by atoms with Gasteiger partial charge in [0.1, 0.15) is 6.54 Å². The summed E-state index contributed by atoms with van der Waals surface area (Å²) in [5.41, 5.74) is -1.40. The highest BCUT2D eigenvalue weighted by molar-refractivity contribution is 5.76. The number of hydrogen-bond acceptors (Lipinski definition) is 4. The number of hydrogen-bond donors (Lipinski definition) is 2. The molecule has 24 heavy (non-hydrogen) atoms. The molecule has 134 valence electrons. The summed E-state index contributed by atoms with van der Waals surface area (Å²) in [6.45, 7) is 8.47. The van der Waals surface area contributed by atoms with Crippen molar-refractivity contribution in [2.75, 3.05) is 13.1 Å². The van der Waals surface area contributed by atoms with Crippen molar-refractivity contribution < 1.29 is 9.90 Å². The normalized spacial score (nSPS) is 24.4. The Hall–Kier alpha value is -1.89. The number of amides is 1. The maximum absolute atomic E-state index is 12.6. The van der Waals surface area contributed by atoms with Crippen LogP contribution in [0.4, 0.5) is 0 Å². The van der Waals surface area contributed by atoms with Gasteiger partial charge in [-0.25, -0.2) is 4.79 Å². The van der Waals surface area contributed by atoms with Gasteiger partial charge in [-0.05, 0) is 32.6 Å². The summed E-state index contributed by atoms with van der Waals surface area (Å²) >= 11 is 0. The lowest BCUT2D eigenvalue weighted by Gasteiger charge is -2.43.